The molecule has 2 aliphatic rings. The normalized spacial score (nSPS) is 24.7. The fraction of sp³-hybridized carbons (Fsp3) is 0.471. The van der Waals surface area contributed by atoms with Gasteiger partial charge in [-0.15, -0.1) is 11.3 Å². The van der Waals surface area contributed by atoms with Crippen LogP contribution in [0.2, 0.25) is 0 Å². The summed E-state index contributed by atoms with van der Waals surface area (Å²) in [6.07, 6.45) is 3.38. The number of likely N-dealkylation sites (tertiary alicyclic amines) is 1. The Morgan fingerprint density at radius 1 is 1.32 bits per heavy atom. The highest BCUT2D eigenvalue weighted by Gasteiger charge is 2.32. The van der Waals surface area contributed by atoms with Gasteiger partial charge >= 0.3 is 0 Å². The van der Waals surface area contributed by atoms with Gasteiger partial charge in [-0.2, -0.15) is 0 Å². The van der Waals surface area contributed by atoms with Crippen molar-refractivity contribution in [1.82, 2.24) is 10.2 Å². The lowest BCUT2D eigenvalue weighted by Gasteiger charge is -2.24. The summed E-state index contributed by atoms with van der Waals surface area (Å²) in [6.45, 7) is 3.42. The standard InChI is InChI=1S/C17H19FN2OS/c1-10-15-13(18)3-2-4-14(15)22-16(10)17(21)20-8-7-11-5-6-12(9-20)19-11/h2-4,11-12,19H,5-9H2,1H3. The van der Waals surface area contributed by atoms with Crippen LogP contribution >= 0.6 is 11.3 Å². The lowest BCUT2D eigenvalue weighted by molar-refractivity contribution is 0.0752. The molecule has 0 saturated carbocycles. The molecule has 5 heteroatoms. The molecule has 0 spiro atoms. The summed E-state index contributed by atoms with van der Waals surface area (Å²) >= 11 is 1.42. The molecule has 2 aromatic rings. The molecular weight excluding hydrogens is 299 g/mol. The lowest BCUT2D eigenvalue weighted by Crippen LogP contribution is -2.38. The zero-order valence-corrected chi connectivity index (χ0v) is 13.4. The van der Waals surface area contributed by atoms with E-state index >= 15 is 0 Å². The van der Waals surface area contributed by atoms with Gasteiger partial charge in [-0.3, -0.25) is 4.79 Å². The first-order valence-electron chi connectivity index (χ1n) is 7.86. The molecule has 2 saturated heterocycles. The van der Waals surface area contributed by atoms with Gasteiger partial charge in [0.25, 0.3) is 5.91 Å². The van der Waals surface area contributed by atoms with Crippen molar-refractivity contribution in [2.45, 2.75) is 38.3 Å². The number of nitrogens with one attached hydrogen (secondary N) is 1. The first kappa shape index (κ1) is 14.2. The van der Waals surface area contributed by atoms with Crippen LogP contribution in [0.5, 0.6) is 0 Å². The zero-order valence-electron chi connectivity index (χ0n) is 12.6. The van der Waals surface area contributed by atoms with E-state index in [1.54, 1.807) is 6.07 Å². The molecule has 116 valence electrons. The van der Waals surface area contributed by atoms with Gasteiger partial charge in [0.2, 0.25) is 0 Å². The molecule has 1 aromatic carbocycles. The second kappa shape index (κ2) is 5.32. The number of nitrogens with zero attached hydrogens (tertiary/aromatic N) is 1. The maximum Gasteiger partial charge on any atom is 0.264 e. The molecule has 4 rings (SSSR count). The van der Waals surface area contributed by atoms with Crippen LogP contribution in [0, 0.1) is 12.7 Å². The quantitative estimate of drug-likeness (QED) is 0.875. The number of carbonyl (C=O) groups excluding carboxylic acids is 1. The van der Waals surface area contributed by atoms with Gasteiger partial charge in [0.15, 0.2) is 0 Å². The SMILES string of the molecule is Cc1c(C(=O)N2CCC3CCC(C2)N3)sc2cccc(F)c12. The van der Waals surface area contributed by atoms with Crippen LogP contribution in [0.25, 0.3) is 10.1 Å². The summed E-state index contributed by atoms with van der Waals surface area (Å²) in [4.78, 5) is 15.6. The maximum atomic E-state index is 14.0. The first-order chi connectivity index (χ1) is 10.6. The minimum absolute atomic E-state index is 0.0625. The summed E-state index contributed by atoms with van der Waals surface area (Å²) in [5.41, 5.74) is 0.783. The third kappa shape index (κ3) is 2.23. The molecule has 1 N–H and O–H groups in total. The van der Waals surface area contributed by atoms with Crippen molar-refractivity contribution in [2.75, 3.05) is 13.1 Å². The zero-order chi connectivity index (χ0) is 15.3. The van der Waals surface area contributed by atoms with Crippen molar-refractivity contribution in [2.24, 2.45) is 0 Å². The Morgan fingerprint density at radius 2 is 2.14 bits per heavy atom. The minimum atomic E-state index is -0.234. The number of hydrogen-bond donors (Lipinski definition) is 1. The molecule has 22 heavy (non-hydrogen) atoms. The molecular formula is C17H19FN2OS. The molecule has 2 bridgehead atoms. The highest BCUT2D eigenvalue weighted by atomic mass is 32.1. The molecule has 2 aliphatic heterocycles. The molecule has 2 atom stereocenters. The predicted molar refractivity (Wildman–Crippen MR) is 87.0 cm³/mol. The van der Waals surface area contributed by atoms with E-state index in [0.29, 0.717) is 22.3 Å². The number of amides is 1. The highest BCUT2D eigenvalue weighted by molar-refractivity contribution is 7.21. The summed E-state index contributed by atoms with van der Waals surface area (Å²) in [6, 6.07) is 6.03. The molecule has 0 aliphatic carbocycles. The van der Waals surface area contributed by atoms with E-state index < -0.39 is 0 Å². The predicted octanol–water partition coefficient (Wildman–Crippen LogP) is 3.32. The van der Waals surface area contributed by atoms with Crippen LogP contribution in [-0.2, 0) is 0 Å². The van der Waals surface area contributed by atoms with Crippen LogP contribution in [0.15, 0.2) is 18.2 Å². The third-order valence-corrected chi connectivity index (χ3v) is 6.15. The van der Waals surface area contributed by atoms with Crippen LogP contribution in [0.3, 0.4) is 0 Å². The summed E-state index contributed by atoms with van der Waals surface area (Å²) in [7, 11) is 0. The Balaban J connectivity index is 1.68. The van der Waals surface area contributed by atoms with Crippen molar-refractivity contribution < 1.29 is 9.18 Å². The van der Waals surface area contributed by atoms with Gasteiger partial charge in [-0.1, -0.05) is 6.07 Å². The topological polar surface area (TPSA) is 32.3 Å². The number of fused-ring (bicyclic) bond motifs is 3. The number of thiophene rings is 1. The van der Waals surface area contributed by atoms with E-state index in [4.69, 9.17) is 0 Å². The number of aryl methyl sites for hydroxylation is 1. The fourth-order valence-corrected chi connectivity index (χ4v) is 4.92. The van der Waals surface area contributed by atoms with Crippen LogP contribution in [0.4, 0.5) is 4.39 Å². The number of hydrogen-bond acceptors (Lipinski definition) is 3. The summed E-state index contributed by atoms with van der Waals surface area (Å²) in [5.74, 6) is -0.172. The first-order valence-corrected chi connectivity index (χ1v) is 8.68. The third-order valence-electron chi connectivity index (χ3n) is 4.91. The number of rotatable bonds is 1. The van der Waals surface area contributed by atoms with Gasteiger partial charge in [0.1, 0.15) is 5.82 Å². The van der Waals surface area contributed by atoms with E-state index in [1.165, 1.54) is 23.8 Å². The van der Waals surface area contributed by atoms with Gasteiger partial charge in [0, 0.05) is 35.3 Å². The van der Waals surface area contributed by atoms with Crippen molar-refractivity contribution in [3.05, 3.63) is 34.5 Å². The second-order valence-corrected chi connectivity index (χ2v) is 7.40. The molecule has 3 heterocycles. The number of carbonyl (C=O) groups is 1. The summed E-state index contributed by atoms with van der Waals surface area (Å²) < 4.78 is 14.9. The highest BCUT2D eigenvalue weighted by Crippen LogP contribution is 2.34. The Kier molecular flexibility index (Phi) is 3.42. The van der Waals surface area contributed by atoms with Gasteiger partial charge < -0.3 is 10.2 Å². The molecule has 0 radical (unpaired) electrons. The van der Waals surface area contributed by atoms with Gasteiger partial charge in [-0.05, 0) is 43.9 Å². The lowest BCUT2D eigenvalue weighted by atomic mass is 10.1. The van der Waals surface area contributed by atoms with E-state index in [1.807, 2.05) is 17.9 Å². The van der Waals surface area contributed by atoms with E-state index in [0.717, 1.165) is 36.2 Å². The van der Waals surface area contributed by atoms with E-state index in [-0.39, 0.29) is 11.7 Å². The maximum absolute atomic E-state index is 14.0. The molecule has 1 amide bonds. The number of benzene rings is 1. The largest absolute Gasteiger partial charge is 0.336 e. The molecule has 2 fully saturated rings. The Hall–Kier alpha value is -1.46. The molecule has 3 nitrogen and oxygen atoms in total. The Morgan fingerprint density at radius 3 is 2.95 bits per heavy atom. The van der Waals surface area contributed by atoms with Crippen molar-refractivity contribution in [3.8, 4) is 0 Å². The van der Waals surface area contributed by atoms with Gasteiger partial charge in [0.05, 0.1) is 4.88 Å². The van der Waals surface area contributed by atoms with Crippen molar-refractivity contribution in [1.29, 1.82) is 0 Å². The fourth-order valence-electron chi connectivity index (χ4n) is 3.73. The smallest absolute Gasteiger partial charge is 0.264 e. The Bertz CT molecular complexity index is 742. The van der Waals surface area contributed by atoms with Crippen LogP contribution in [0.1, 0.15) is 34.5 Å². The second-order valence-electron chi connectivity index (χ2n) is 6.35. The minimum Gasteiger partial charge on any atom is -0.336 e. The van der Waals surface area contributed by atoms with Crippen molar-refractivity contribution in [3.63, 3.8) is 0 Å². The summed E-state index contributed by atoms with van der Waals surface area (Å²) in [5, 5.41) is 4.19. The molecule has 2 unspecified atom stereocenters. The van der Waals surface area contributed by atoms with E-state index in [9.17, 15) is 9.18 Å². The monoisotopic (exact) mass is 318 g/mol. The molecule has 1 aromatic heterocycles. The van der Waals surface area contributed by atoms with Crippen molar-refractivity contribution >= 4 is 27.3 Å². The Labute approximate surface area is 133 Å². The van der Waals surface area contributed by atoms with Gasteiger partial charge in [-0.25, -0.2) is 4.39 Å². The van der Waals surface area contributed by atoms with E-state index in [2.05, 4.69) is 5.32 Å². The van der Waals surface area contributed by atoms with Crippen LogP contribution < -0.4 is 5.32 Å². The average Bonchev–Trinajstić information content (AvgIpc) is 2.99. The van der Waals surface area contributed by atoms with Crippen LogP contribution in [-0.4, -0.2) is 36.0 Å². The number of halogens is 1. The average molecular weight is 318 g/mol.